The van der Waals surface area contributed by atoms with Crippen LogP contribution in [0.4, 0.5) is 0 Å². The van der Waals surface area contributed by atoms with Crippen molar-refractivity contribution in [3.8, 4) is 0 Å². The van der Waals surface area contributed by atoms with E-state index in [-0.39, 0.29) is 0 Å². The van der Waals surface area contributed by atoms with Crippen molar-refractivity contribution in [1.29, 1.82) is 0 Å². The standard InChI is InChI=1S/C9H6O5/c10-7-3-1-2-4(13-7)6-5(3)8(11)14-9(6)12/h1-6H/t3-,4+,5-,6-/m1/s1. The fourth-order valence-electron chi connectivity index (χ4n) is 2.26. The lowest BCUT2D eigenvalue weighted by molar-refractivity contribution is -0.168. The van der Waals surface area contributed by atoms with Gasteiger partial charge in [-0.15, -0.1) is 0 Å². The van der Waals surface area contributed by atoms with Crippen LogP contribution >= 0.6 is 0 Å². The normalized spacial score (nSPS) is 43.6. The zero-order valence-corrected chi connectivity index (χ0v) is 7.01. The molecule has 2 bridgehead atoms. The molecule has 0 spiro atoms. The Morgan fingerprint density at radius 3 is 2.36 bits per heavy atom. The number of hydrogen-bond acceptors (Lipinski definition) is 5. The van der Waals surface area contributed by atoms with Gasteiger partial charge in [0.25, 0.3) is 0 Å². The topological polar surface area (TPSA) is 69.7 Å². The Morgan fingerprint density at radius 1 is 0.929 bits per heavy atom. The van der Waals surface area contributed by atoms with Crippen molar-refractivity contribution in [1.82, 2.24) is 0 Å². The van der Waals surface area contributed by atoms with Crippen molar-refractivity contribution in [3.63, 3.8) is 0 Å². The van der Waals surface area contributed by atoms with Gasteiger partial charge in [-0.2, -0.15) is 0 Å². The first-order valence-corrected chi connectivity index (χ1v) is 4.33. The van der Waals surface area contributed by atoms with Crippen molar-refractivity contribution in [2.45, 2.75) is 6.10 Å². The molecule has 3 heterocycles. The molecule has 5 heteroatoms. The molecule has 0 saturated carbocycles. The summed E-state index contributed by atoms with van der Waals surface area (Å²) in [7, 11) is 0. The second-order valence-corrected chi connectivity index (χ2v) is 3.60. The highest BCUT2D eigenvalue weighted by molar-refractivity contribution is 6.01. The van der Waals surface area contributed by atoms with Crippen LogP contribution in [0.1, 0.15) is 0 Å². The van der Waals surface area contributed by atoms with Crippen molar-refractivity contribution in [2.75, 3.05) is 0 Å². The van der Waals surface area contributed by atoms with Gasteiger partial charge in [0, 0.05) is 0 Å². The first-order chi connectivity index (χ1) is 6.68. The number of fused-ring (bicyclic) bond motifs is 1. The minimum absolute atomic E-state index is 0.439. The largest absolute Gasteiger partial charge is 0.457 e. The predicted molar refractivity (Wildman–Crippen MR) is 40.6 cm³/mol. The number of carbonyl (C=O) groups is 3. The summed E-state index contributed by atoms with van der Waals surface area (Å²) in [6.45, 7) is 0. The van der Waals surface area contributed by atoms with E-state index in [0.717, 1.165) is 0 Å². The van der Waals surface area contributed by atoms with E-state index < -0.39 is 41.8 Å². The number of ether oxygens (including phenoxy) is 2. The minimum Gasteiger partial charge on any atom is -0.457 e. The first kappa shape index (κ1) is 7.73. The van der Waals surface area contributed by atoms with Crippen molar-refractivity contribution in [2.24, 2.45) is 17.8 Å². The van der Waals surface area contributed by atoms with Crippen LogP contribution in [0, 0.1) is 17.8 Å². The van der Waals surface area contributed by atoms with Gasteiger partial charge in [-0.3, -0.25) is 14.4 Å². The third kappa shape index (κ3) is 0.724. The lowest BCUT2D eigenvalue weighted by atomic mass is 9.73. The predicted octanol–water partition coefficient (Wildman–Crippen LogP) is -0.586. The molecule has 1 aliphatic carbocycles. The molecule has 72 valence electrons. The first-order valence-electron chi connectivity index (χ1n) is 4.33. The molecule has 2 saturated heterocycles. The lowest BCUT2D eigenvalue weighted by Gasteiger charge is -2.35. The maximum Gasteiger partial charge on any atom is 0.321 e. The van der Waals surface area contributed by atoms with Crippen LogP contribution < -0.4 is 0 Å². The van der Waals surface area contributed by atoms with E-state index in [2.05, 4.69) is 4.74 Å². The van der Waals surface area contributed by atoms with Gasteiger partial charge in [-0.05, 0) is 6.08 Å². The molecule has 0 aromatic carbocycles. The van der Waals surface area contributed by atoms with E-state index in [1.807, 2.05) is 0 Å². The molecule has 4 rings (SSSR count). The Bertz CT molecular complexity index is 383. The van der Waals surface area contributed by atoms with Gasteiger partial charge >= 0.3 is 17.9 Å². The van der Waals surface area contributed by atoms with E-state index >= 15 is 0 Å². The second kappa shape index (κ2) is 2.23. The van der Waals surface area contributed by atoms with Gasteiger partial charge in [-0.25, -0.2) is 0 Å². The summed E-state index contributed by atoms with van der Waals surface area (Å²) in [6.07, 6.45) is 2.65. The summed E-state index contributed by atoms with van der Waals surface area (Å²) in [5, 5.41) is 0. The van der Waals surface area contributed by atoms with E-state index in [0.29, 0.717) is 0 Å². The molecule has 5 nitrogen and oxygen atoms in total. The SMILES string of the molecule is O=C1OC(=O)[C@H]2[C@H]1[C@@H]1C=C[C@H]2C(=O)O1. The average Bonchev–Trinajstić information content (AvgIpc) is 2.45. The van der Waals surface area contributed by atoms with Gasteiger partial charge in [0.05, 0.1) is 11.8 Å². The van der Waals surface area contributed by atoms with Crippen LogP contribution in [0.3, 0.4) is 0 Å². The summed E-state index contributed by atoms with van der Waals surface area (Å²) in [5.74, 6) is -3.52. The summed E-state index contributed by atoms with van der Waals surface area (Å²) in [4.78, 5) is 33.8. The average molecular weight is 194 g/mol. The third-order valence-corrected chi connectivity index (χ3v) is 2.91. The fourth-order valence-corrected chi connectivity index (χ4v) is 2.26. The maximum absolute atomic E-state index is 11.3. The molecule has 0 aromatic heterocycles. The van der Waals surface area contributed by atoms with E-state index in [1.165, 1.54) is 0 Å². The van der Waals surface area contributed by atoms with Crippen molar-refractivity contribution < 1.29 is 23.9 Å². The Hall–Kier alpha value is -1.65. The fraction of sp³-hybridized carbons (Fsp3) is 0.444. The Kier molecular flexibility index (Phi) is 1.23. The van der Waals surface area contributed by atoms with Crippen LogP contribution in [-0.4, -0.2) is 24.0 Å². The Morgan fingerprint density at radius 2 is 1.64 bits per heavy atom. The molecule has 0 radical (unpaired) electrons. The molecule has 14 heavy (non-hydrogen) atoms. The molecule has 0 aromatic rings. The summed E-state index contributed by atoms with van der Waals surface area (Å²) in [5.41, 5.74) is 0. The Labute approximate surface area is 78.7 Å². The molecular weight excluding hydrogens is 188 g/mol. The molecule has 0 amide bonds. The highest BCUT2D eigenvalue weighted by Crippen LogP contribution is 2.43. The van der Waals surface area contributed by atoms with E-state index in [9.17, 15) is 14.4 Å². The van der Waals surface area contributed by atoms with Gasteiger partial charge in [0.2, 0.25) is 0 Å². The van der Waals surface area contributed by atoms with Crippen LogP contribution in [0.25, 0.3) is 0 Å². The van der Waals surface area contributed by atoms with Gasteiger partial charge in [0.15, 0.2) is 0 Å². The monoisotopic (exact) mass is 194 g/mol. The molecule has 3 aliphatic heterocycles. The smallest absolute Gasteiger partial charge is 0.321 e. The van der Waals surface area contributed by atoms with Crippen LogP contribution in [-0.2, 0) is 23.9 Å². The maximum atomic E-state index is 11.3. The molecule has 2 fully saturated rings. The van der Waals surface area contributed by atoms with Gasteiger partial charge in [-0.1, -0.05) is 6.08 Å². The van der Waals surface area contributed by atoms with Gasteiger partial charge in [0.1, 0.15) is 12.0 Å². The van der Waals surface area contributed by atoms with Crippen molar-refractivity contribution in [3.05, 3.63) is 12.2 Å². The lowest BCUT2D eigenvalue weighted by Crippen LogP contribution is -2.48. The number of hydrogen-bond donors (Lipinski definition) is 0. The van der Waals surface area contributed by atoms with Gasteiger partial charge < -0.3 is 9.47 Å². The quantitative estimate of drug-likeness (QED) is 0.293. The minimum atomic E-state index is -0.654. The summed E-state index contributed by atoms with van der Waals surface area (Å²) in [6, 6.07) is 0. The van der Waals surface area contributed by atoms with Crippen LogP contribution in [0.15, 0.2) is 12.2 Å². The molecule has 4 aliphatic rings. The highest BCUT2D eigenvalue weighted by atomic mass is 16.6. The number of carbonyl (C=O) groups excluding carboxylic acids is 3. The highest BCUT2D eigenvalue weighted by Gasteiger charge is 2.59. The third-order valence-electron chi connectivity index (χ3n) is 2.91. The van der Waals surface area contributed by atoms with Crippen LogP contribution in [0.5, 0.6) is 0 Å². The zero-order chi connectivity index (χ0) is 9.87. The van der Waals surface area contributed by atoms with E-state index in [4.69, 9.17) is 4.74 Å². The van der Waals surface area contributed by atoms with E-state index in [1.54, 1.807) is 12.2 Å². The summed E-state index contributed by atoms with van der Waals surface area (Å²) < 4.78 is 9.43. The molecule has 4 atom stereocenters. The molecular formula is C9H6O5. The summed E-state index contributed by atoms with van der Waals surface area (Å²) >= 11 is 0. The molecule has 0 unspecified atom stereocenters. The Balaban J connectivity index is 2.10. The number of rotatable bonds is 0. The van der Waals surface area contributed by atoms with Crippen LogP contribution in [0.2, 0.25) is 0 Å². The number of esters is 3. The van der Waals surface area contributed by atoms with Crippen molar-refractivity contribution >= 4 is 17.9 Å². The zero-order valence-electron chi connectivity index (χ0n) is 7.01. The number of cyclic esters (lactones) is 2. The second-order valence-electron chi connectivity index (χ2n) is 3.60. The molecule has 0 N–H and O–H groups in total.